The van der Waals surface area contributed by atoms with Crippen LogP contribution in [0.25, 0.3) is 11.4 Å². The number of rotatable bonds is 7. The molecule has 4 aromatic rings. The predicted octanol–water partition coefficient (Wildman–Crippen LogP) is 4.65. The Morgan fingerprint density at radius 3 is 2.64 bits per heavy atom. The molecule has 7 nitrogen and oxygen atoms in total. The largest absolute Gasteiger partial charge is 0.454 e. The van der Waals surface area contributed by atoms with Gasteiger partial charge in [0.05, 0.1) is 5.75 Å². The van der Waals surface area contributed by atoms with Crippen LogP contribution in [0.2, 0.25) is 0 Å². The van der Waals surface area contributed by atoms with Crippen LogP contribution >= 0.6 is 11.8 Å². The van der Waals surface area contributed by atoms with Crippen LogP contribution in [-0.4, -0.2) is 37.7 Å². The molecule has 0 amide bonds. The molecule has 1 aliphatic rings. The van der Waals surface area contributed by atoms with E-state index < -0.39 is 0 Å². The van der Waals surface area contributed by atoms with E-state index in [1.807, 2.05) is 80.1 Å². The summed E-state index contributed by atoms with van der Waals surface area (Å²) >= 11 is 1.41. The predicted molar refractivity (Wildman–Crippen MR) is 127 cm³/mol. The number of ether oxygens (including phenoxy) is 2. The number of thioether (sulfide) groups is 1. The second-order valence-electron chi connectivity index (χ2n) is 8.00. The Balaban J connectivity index is 1.29. The molecule has 2 aromatic heterocycles. The third kappa shape index (κ3) is 4.14. The van der Waals surface area contributed by atoms with Crippen molar-refractivity contribution in [1.82, 2.24) is 19.3 Å². The maximum Gasteiger partial charge on any atom is 0.231 e. The van der Waals surface area contributed by atoms with Crippen molar-refractivity contribution in [3.8, 4) is 22.9 Å². The van der Waals surface area contributed by atoms with Gasteiger partial charge in [0.25, 0.3) is 0 Å². The number of fused-ring (bicyclic) bond motifs is 1. The first-order chi connectivity index (χ1) is 16.0. The number of nitrogens with zero attached hydrogens (tertiary/aromatic N) is 4. The lowest BCUT2D eigenvalue weighted by molar-refractivity contribution is 0.102. The molecule has 1 aliphatic heterocycles. The van der Waals surface area contributed by atoms with E-state index >= 15 is 0 Å². The number of hydrogen-bond donors (Lipinski definition) is 0. The molecular weight excluding hydrogens is 436 g/mol. The smallest absolute Gasteiger partial charge is 0.231 e. The van der Waals surface area contributed by atoms with Gasteiger partial charge in [-0.3, -0.25) is 4.79 Å². The van der Waals surface area contributed by atoms with Crippen molar-refractivity contribution in [2.24, 2.45) is 7.05 Å². The number of hydrogen-bond acceptors (Lipinski definition) is 6. The van der Waals surface area contributed by atoms with Crippen molar-refractivity contribution in [3.63, 3.8) is 0 Å². The monoisotopic (exact) mass is 460 g/mol. The van der Waals surface area contributed by atoms with E-state index in [9.17, 15) is 4.79 Å². The van der Waals surface area contributed by atoms with Crippen molar-refractivity contribution in [2.45, 2.75) is 25.5 Å². The fraction of sp³-hybridized carbons (Fsp3) is 0.240. The second kappa shape index (κ2) is 8.78. The number of ketones is 1. The number of carbonyl (C=O) groups excluding carboxylic acids is 1. The lowest BCUT2D eigenvalue weighted by Crippen LogP contribution is -2.08. The van der Waals surface area contributed by atoms with Crippen molar-refractivity contribution in [3.05, 3.63) is 77.1 Å². The number of carbonyl (C=O) groups is 1. The summed E-state index contributed by atoms with van der Waals surface area (Å²) in [5.74, 6) is 2.70. The van der Waals surface area contributed by atoms with Crippen LogP contribution in [0, 0.1) is 13.8 Å². The highest BCUT2D eigenvalue weighted by Gasteiger charge is 2.19. The number of Topliss-reactive ketones (excluding diaryl/α,β-unsaturated/α-hetero) is 1. The molecule has 0 spiro atoms. The molecule has 2 aromatic carbocycles. The number of aryl methyl sites for hydroxylation is 1. The molecule has 168 valence electrons. The molecule has 33 heavy (non-hydrogen) atoms. The summed E-state index contributed by atoms with van der Waals surface area (Å²) in [4.78, 5) is 13.1. The highest BCUT2D eigenvalue weighted by atomic mass is 32.2. The Morgan fingerprint density at radius 2 is 1.82 bits per heavy atom. The molecule has 0 atom stereocenters. The summed E-state index contributed by atoms with van der Waals surface area (Å²) in [6.07, 6.45) is 0. The van der Waals surface area contributed by atoms with Crippen LogP contribution < -0.4 is 9.47 Å². The zero-order valence-corrected chi connectivity index (χ0v) is 19.6. The van der Waals surface area contributed by atoms with E-state index in [-0.39, 0.29) is 12.6 Å². The van der Waals surface area contributed by atoms with E-state index in [0.717, 1.165) is 50.6 Å². The molecule has 0 bridgehead atoms. The first-order valence-corrected chi connectivity index (χ1v) is 11.7. The Morgan fingerprint density at radius 1 is 1.03 bits per heavy atom. The van der Waals surface area contributed by atoms with Gasteiger partial charge < -0.3 is 18.6 Å². The zero-order chi connectivity index (χ0) is 22.9. The highest BCUT2D eigenvalue weighted by Crippen LogP contribution is 2.33. The Labute approximate surface area is 196 Å². The standard InChI is InChI=1S/C25H24N4O3S/c1-16-11-20(17(2)29(16)13-18-9-10-22-23(12-18)32-15-31-22)21(30)14-33-25-27-26-24(28(25)3)19-7-5-4-6-8-19/h4-12H,13-15H2,1-3H3. The number of aromatic nitrogens is 4. The van der Waals surface area contributed by atoms with Gasteiger partial charge >= 0.3 is 0 Å². The lowest BCUT2D eigenvalue weighted by Gasteiger charge is -2.10. The number of benzene rings is 2. The first-order valence-electron chi connectivity index (χ1n) is 10.7. The molecule has 3 heterocycles. The van der Waals surface area contributed by atoms with Crippen LogP contribution in [0.15, 0.2) is 59.8 Å². The second-order valence-corrected chi connectivity index (χ2v) is 8.94. The first kappa shape index (κ1) is 21.3. The summed E-state index contributed by atoms with van der Waals surface area (Å²) in [5, 5.41) is 9.30. The SMILES string of the molecule is Cc1cc(C(=O)CSc2nnc(-c3ccccc3)n2C)c(C)n1Cc1ccc2c(c1)OCO2. The van der Waals surface area contributed by atoms with Crippen LogP contribution in [-0.2, 0) is 13.6 Å². The Hall–Kier alpha value is -3.52. The van der Waals surface area contributed by atoms with Gasteiger partial charge in [0.15, 0.2) is 28.3 Å². The van der Waals surface area contributed by atoms with Crippen LogP contribution in [0.3, 0.4) is 0 Å². The van der Waals surface area contributed by atoms with Crippen molar-refractivity contribution in [2.75, 3.05) is 12.5 Å². The lowest BCUT2D eigenvalue weighted by atomic mass is 10.1. The summed E-state index contributed by atoms with van der Waals surface area (Å²) in [7, 11) is 1.92. The van der Waals surface area contributed by atoms with Gasteiger partial charge in [0, 0.05) is 36.1 Å². The molecule has 5 rings (SSSR count). The molecule has 8 heteroatoms. The molecule has 0 unspecified atom stereocenters. The molecule has 0 fully saturated rings. The van der Waals surface area contributed by atoms with Crippen LogP contribution in [0.5, 0.6) is 11.5 Å². The molecule has 0 N–H and O–H groups in total. The fourth-order valence-electron chi connectivity index (χ4n) is 4.04. The Bertz CT molecular complexity index is 1330. The maximum atomic E-state index is 13.1. The highest BCUT2D eigenvalue weighted by molar-refractivity contribution is 7.99. The zero-order valence-electron chi connectivity index (χ0n) is 18.7. The van der Waals surface area contributed by atoms with Gasteiger partial charge in [0.2, 0.25) is 6.79 Å². The quantitative estimate of drug-likeness (QED) is 0.295. The average molecular weight is 461 g/mol. The summed E-state index contributed by atoms with van der Waals surface area (Å²) in [6.45, 7) is 4.94. The summed E-state index contributed by atoms with van der Waals surface area (Å²) in [5.41, 5.74) is 4.84. The third-order valence-corrected chi connectivity index (χ3v) is 6.87. The minimum absolute atomic E-state index is 0.0781. The minimum Gasteiger partial charge on any atom is -0.454 e. The molecule has 0 saturated heterocycles. The van der Waals surface area contributed by atoms with Crippen LogP contribution in [0.4, 0.5) is 0 Å². The summed E-state index contributed by atoms with van der Waals surface area (Å²) in [6, 6.07) is 17.8. The van der Waals surface area contributed by atoms with E-state index in [1.54, 1.807) is 0 Å². The minimum atomic E-state index is 0.0781. The normalized spacial score (nSPS) is 12.3. The summed E-state index contributed by atoms with van der Waals surface area (Å²) < 4.78 is 15.0. The van der Waals surface area contributed by atoms with E-state index in [1.165, 1.54) is 11.8 Å². The van der Waals surface area contributed by atoms with Crippen molar-refractivity contribution < 1.29 is 14.3 Å². The third-order valence-electron chi connectivity index (χ3n) is 5.85. The molecular formula is C25H24N4O3S. The van der Waals surface area contributed by atoms with Crippen molar-refractivity contribution >= 4 is 17.5 Å². The van der Waals surface area contributed by atoms with Gasteiger partial charge in [-0.2, -0.15) is 0 Å². The maximum absolute atomic E-state index is 13.1. The van der Waals surface area contributed by atoms with Crippen LogP contribution in [0.1, 0.15) is 27.3 Å². The molecule has 0 radical (unpaired) electrons. The topological polar surface area (TPSA) is 71.2 Å². The fourth-order valence-corrected chi connectivity index (χ4v) is 4.83. The molecule has 0 aliphatic carbocycles. The average Bonchev–Trinajstić information content (AvgIpc) is 3.52. The van der Waals surface area contributed by atoms with Gasteiger partial charge in [-0.1, -0.05) is 48.2 Å². The van der Waals surface area contributed by atoms with Gasteiger partial charge in [0.1, 0.15) is 0 Å². The van der Waals surface area contributed by atoms with E-state index in [4.69, 9.17) is 9.47 Å². The Kier molecular flexibility index (Phi) is 5.68. The van der Waals surface area contributed by atoms with Gasteiger partial charge in [-0.15, -0.1) is 10.2 Å². The van der Waals surface area contributed by atoms with E-state index in [2.05, 4.69) is 14.8 Å². The van der Waals surface area contributed by atoms with Gasteiger partial charge in [-0.05, 0) is 37.6 Å². The molecule has 0 saturated carbocycles. The van der Waals surface area contributed by atoms with Gasteiger partial charge in [-0.25, -0.2) is 0 Å². The van der Waals surface area contributed by atoms with Crippen molar-refractivity contribution in [1.29, 1.82) is 0 Å². The van der Waals surface area contributed by atoms with E-state index in [0.29, 0.717) is 12.3 Å².